The first kappa shape index (κ1) is 27.6. The van der Waals surface area contributed by atoms with Crippen LogP contribution in [0.5, 0.6) is 0 Å². The van der Waals surface area contributed by atoms with Gasteiger partial charge in [0.1, 0.15) is 8.07 Å². The van der Waals surface area contributed by atoms with Crippen molar-refractivity contribution in [3.8, 4) is 22.5 Å². The summed E-state index contributed by atoms with van der Waals surface area (Å²) in [6.45, 7) is 4.93. The normalized spacial score (nSPS) is 12.0. The molecule has 0 unspecified atom stereocenters. The minimum atomic E-state index is -1.94. The molecule has 0 radical (unpaired) electrons. The standard InChI is InChI=1S/C44H34N2Si/c1-47(2,34-17-4-3-5-18-34)44-26-13-9-19-35(44)31-15-14-16-32(29-31)45-42-25-12-8-22-38(42)39-30-33(27-28-43(39)45)46-40-23-10-6-20-36(40)37-21-7-11-24-41(37)46/h3-30H,1-2H3. The Labute approximate surface area is 275 Å². The Morgan fingerprint density at radius 3 is 1.55 bits per heavy atom. The first-order valence-corrected chi connectivity index (χ1v) is 19.4. The van der Waals surface area contributed by atoms with E-state index in [0.717, 1.165) is 0 Å². The Hall–Kier alpha value is -5.64. The molecular formula is C44H34N2Si. The van der Waals surface area contributed by atoms with E-state index >= 15 is 0 Å². The lowest BCUT2D eigenvalue weighted by Gasteiger charge is -2.27. The van der Waals surface area contributed by atoms with Crippen LogP contribution in [0.3, 0.4) is 0 Å². The van der Waals surface area contributed by atoms with Crippen molar-refractivity contribution in [1.82, 2.24) is 9.13 Å². The summed E-state index contributed by atoms with van der Waals surface area (Å²) in [4.78, 5) is 0. The van der Waals surface area contributed by atoms with Crippen molar-refractivity contribution in [1.29, 1.82) is 0 Å². The largest absolute Gasteiger partial charge is 0.309 e. The Bertz CT molecular complexity index is 2550. The minimum absolute atomic E-state index is 1.17. The third kappa shape index (κ3) is 4.31. The molecule has 3 heteroatoms. The molecule has 7 aromatic carbocycles. The molecule has 9 aromatic rings. The van der Waals surface area contributed by atoms with E-state index in [1.807, 2.05) is 0 Å². The average molecular weight is 619 g/mol. The maximum Gasteiger partial charge on any atom is 0.113 e. The molecule has 224 valence electrons. The van der Waals surface area contributed by atoms with Gasteiger partial charge in [0.25, 0.3) is 0 Å². The zero-order valence-corrected chi connectivity index (χ0v) is 27.6. The average Bonchev–Trinajstić information content (AvgIpc) is 3.65. The van der Waals surface area contributed by atoms with E-state index in [0.29, 0.717) is 0 Å². The van der Waals surface area contributed by atoms with Crippen molar-refractivity contribution in [2.75, 3.05) is 0 Å². The smallest absolute Gasteiger partial charge is 0.113 e. The second-order valence-corrected chi connectivity index (χ2v) is 17.4. The summed E-state index contributed by atoms with van der Waals surface area (Å²) in [6, 6.07) is 62.4. The highest BCUT2D eigenvalue weighted by molar-refractivity contribution is 7.01. The van der Waals surface area contributed by atoms with E-state index in [4.69, 9.17) is 0 Å². The van der Waals surface area contributed by atoms with Gasteiger partial charge < -0.3 is 9.13 Å². The molecule has 0 atom stereocenters. The van der Waals surface area contributed by atoms with Gasteiger partial charge in [-0.05, 0) is 64.8 Å². The number of hydrogen-bond donors (Lipinski definition) is 0. The zero-order valence-electron chi connectivity index (χ0n) is 26.6. The molecule has 47 heavy (non-hydrogen) atoms. The molecule has 2 aromatic heterocycles. The van der Waals surface area contributed by atoms with Gasteiger partial charge >= 0.3 is 0 Å². The molecular weight excluding hydrogens is 585 g/mol. The third-order valence-corrected chi connectivity index (χ3v) is 13.6. The van der Waals surface area contributed by atoms with Gasteiger partial charge in [0.15, 0.2) is 0 Å². The Morgan fingerprint density at radius 2 is 0.894 bits per heavy atom. The van der Waals surface area contributed by atoms with Gasteiger partial charge in [0, 0.05) is 32.9 Å². The minimum Gasteiger partial charge on any atom is -0.309 e. The fourth-order valence-corrected chi connectivity index (χ4v) is 10.4. The van der Waals surface area contributed by atoms with Crippen LogP contribution < -0.4 is 10.4 Å². The number of para-hydroxylation sites is 3. The fourth-order valence-electron chi connectivity index (χ4n) is 7.68. The molecule has 0 saturated heterocycles. The molecule has 9 rings (SSSR count). The summed E-state index contributed by atoms with van der Waals surface area (Å²) in [7, 11) is -1.94. The molecule has 0 fully saturated rings. The van der Waals surface area contributed by atoms with E-state index in [1.165, 1.54) is 76.5 Å². The first-order chi connectivity index (χ1) is 23.1. The van der Waals surface area contributed by atoms with Gasteiger partial charge in [-0.25, -0.2) is 0 Å². The number of rotatable bonds is 5. The van der Waals surface area contributed by atoms with E-state index in [1.54, 1.807) is 0 Å². The van der Waals surface area contributed by atoms with Gasteiger partial charge in [-0.1, -0.05) is 140 Å². The summed E-state index contributed by atoms with van der Waals surface area (Å²) >= 11 is 0. The lowest BCUT2D eigenvalue weighted by atomic mass is 10.0. The molecule has 0 aliphatic heterocycles. The highest BCUT2D eigenvalue weighted by Gasteiger charge is 2.28. The van der Waals surface area contributed by atoms with Crippen LogP contribution >= 0.6 is 0 Å². The predicted molar refractivity (Wildman–Crippen MR) is 204 cm³/mol. The van der Waals surface area contributed by atoms with Crippen LogP contribution in [0, 0.1) is 0 Å². The van der Waals surface area contributed by atoms with Crippen molar-refractivity contribution < 1.29 is 0 Å². The molecule has 0 amide bonds. The van der Waals surface area contributed by atoms with E-state index in [2.05, 4.69) is 192 Å². The van der Waals surface area contributed by atoms with Crippen LogP contribution in [-0.2, 0) is 0 Å². The zero-order chi connectivity index (χ0) is 31.5. The lowest BCUT2D eigenvalue weighted by Crippen LogP contribution is -2.53. The van der Waals surface area contributed by atoms with Crippen LogP contribution in [0.25, 0.3) is 66.1 Å². The van der Waals surface area contributed by atoms with Crippen LogP contribution in [0.2, 0.25) is 13.1 Å². The fraction of sp³-hybridized carbons (Fsp3) is 0.0455. The third-order valence-electron chi connectivity index (χ3n) is 10.0. The van der Waals surface area contributed by atoms with Crippen molar-refractivity contribution in [2.45, 2.75) is 13.1 Å². The summed E-state index contributed by atoms with van der Waals surface area (Å²) in [5.41, 5.74) is 9.80. The summed E-state index contributed by atoms with van der Waals surface area (Å²) in [5, 5.41) is 7.98. The highest BCUT2D eigenvalue weighted by atomic mass is 28.3. The van der Waals surface area contributed by atoms with E-state index in [-0.39, 0.29) is 0 Å². The molecule has 0 spiro atoms. The molecule has 0 aliphatic carbocycles. The van der Waals surface area contributed by atoms with E-state index < -0.39 is 8.07 Å². The van der Waals surface area contributed by atoms with Crippen molar-refractivity contribution in [3.63, 3.8) is 0 Å². The first-order valence-electron chi connectivity index (χ1n) is 16.4. The second kappa shape index (κ2) is 10.7. The van der Waals surface area contributed by atoms with Gasteiger partial charge in [-0.2, -0.15) is 0 Å². The van der Waals surface area contributed by atoms with Crippen LogP contribution in [-0.4, -0.2) is 17.2 Å². The molecule has 2 heterocycles. The van der Waals surface area contributed by atoms with Crippen molar-refractivity contribution in [3.05, 3.63) is 170 Å². The molecule has 0 bridgehead atoms. The number of fused-ring (bicyclic) bond motifs is 6. The molecule has 2 nitrogen and oxygen atoms in total. The van der Waals surface area contributed by atoms with Crippen LogP contribution in [0.1, 0.15) is 0 Å². The molecule has 0 N–H and O–H groups in total. The second-order valence-electron chi connectivity index (χ2n) is 13.0. The SMILES string of the molecule is C[Si](C)(c1ccccc1)c1ccccc1-c1cccc(-n2c3ccccc3c3cc(-n4c5ccccc5c5ccccc54)ccc32)c1. The number of benzene rings is 7. The molecule has 0 aliphatic rings. The lowest BCUT2D eigenvalue weighted by molar-refractivity contribution is 1.17. The van der Waals surface area contributed by atoms with Crippen LogP contribution in [0.4, 0.5) is 0 Å². The monoisotopic (exact) mass is 618 g/mol. The maximum atomic E-state index is 2.47. The maximum absolute atomic E-state index is 2.47. The van der Waals surface area contributed by atoms with Crippen LogP contribution in [0.15, 0.2) is 170 Å². The van der Waals surface area contributed by atoms with Crippen molar-refractivity contribution in [2.24, 2.45) is 0 Å². The number of aromatic nitrogens is 2. The van der Waals surface area contributed by atoms with Crippen molar-refractivity contribution >= 4 is 62.1 Å². The molecule has 0 saturated carbocycles. The summed E-state index contributed by atoms with van der Waals surface area (Å²) < 4.78 is 4.85. The Morgan fingerprint density at radius 1 is 0.383 bits per heavy atom. The summed E-state index contributed by atoms with van der Waals surface area (Å²) in [5.74, 6) is 0. The topological polar surface area (TPSA) is 9.86 Å². The van der Waals surface area contributed by atoms with Gasteiger partial charge in [0.2, 0.25) is 0 Å². The Kier molecular flexibility index (Phi) is 6.31. The van der Waals surface area contributed by atoms with Gasteiger partial charge in [0.05, 0.1) is 22.1 Å². The highest BCUT2D eigenvalue weighted by Crippen LogP contribution is 2.37. The predicted octanol–water partition coefficient (Wildman–Crippen LogP) is 10.4. The number of hydrogen-bond acceptors (Lipinski definition) is 0. The summed E-state index contributed by atoms with van der Waals surface area (Å²) in [6.07, 6.45) is 0. The van der Waals surface area contributed by atoms with Gasteiger partial charge in [-0.15, -0.1) is 0 Å². The van der Waals surface area contributed by atoms with Gasteiger partial charge in [-0.3, -0.25) is 0 Å². The quantitative estimate of drug-likeness (QED) is 0.170. The van der Waals surface area contributed by atoms with E-state index in [9.17, 15) is 0 Å². The number of nitrogens with zero attached hydrogens (tertiary/aromatic N) is 2. The Balaban J connectivity index is 1.23.